The van der Waals surface area contributed by atoms with Crippen molar-refractivity contribution in [1.82, 2.24) is 10.3 Å². The molecule has 7 heteroatoms. The van der Waals surface area contributed by atoms with Crippen molar-refractivity contribution in [2.24, 2.45) is 5.92 Å². The van der Waals surface area contributed by atoms with Crippen LogP contribution in [0.5, 0.6) is 0 Å². The van der Waals surface area contributed by atoms with Crippen molar-refractivity contribution >= 4 is 5.91 Å². The minimum atomic E-state index is -4.48. The summed E-state index contributed by atoms with van der Waals surface area (Å²) in [6, 6.07) is 0.886. The Morgan fingerprint density at radius 3 is 2.95 bits per heavy atom. The molecule has 4 nitrogen and oxygen atoms in total. The molecular formula is C14H17F3N2O2. The Labute approximate surface area is 120 Å². The lowest BCUT2D eigenvalue weighted by Crippen LogP contribution is -2.34. The Hall–Kier alpha value is -1.63. The van der Waals surface area contributed by atoms with Crippen LogP contribution in [0.25, 0.3) is 0 Å². The molecule has 0 bridgehead atoms. The summed E-state index contributed by atoms with van der Waals surface area (Å²) in [6.07, 6.45) is -0.732. The number of hydrogen-bond acceptors (Lipinski definition) is 3. The molecule has 1 aliphatic heterocycles. The molecule has 1 amide bonds. The Kier molecular flexibility index (Phi) is 5.17. The fourth-order valence-corrected chi connectivity index (χ4v) is 2.31. The van der Waals surface area contributed by atoms with E-state index in [0.717, 1.165) is 37.9 Å². The summed E-state index contributed by atoms with van der Waals surface area (Å²) in [5.74, 6) is -0.197. The van der Waals surface area contributed by atoms with Gasteiger partial charge < -0.3 is 10.1 Å². The van der Waals surface area contributed by atoms with E-state index in [9.17, 15) is 18.0 Å². The Balaban J connectivity index is 1.90. The number of ether oxygens (including phenoxy) is 1. The van der Waals surface area contributed by atoms with E-state index < -0.39 is 17.6 Å². The molecule has 2 heterocycles. The number of rotatable bonds is 4. The highest BCUT2D eigenvalue weighted by atomic mass is 19.4. The van der Waals surface area contributed by atoms with Crippen molar-refractivity contribution in [2.45, 2.75) is 25.4 Å². The summed E-state index contributed by atoms with van der Waals surface area (Å²) in [5.41, 5.74) is -0.920. The first-order valence-corrected chi connectivity index (χ1v) is 6.81. The maximum Gasteiger partial charge on any atom is 0.416 e. The zero-order valence-corrected chi connectivity index (χ0v) is 11.4. The topological polar surface area (TPSA) is 51.2 Å². The minimum absolute atomic E-state index is 0.109. The van der Waals surface area contributed by atoms with Crippen molar-refractivity contribution in [3.8, 4) is 0 Å². The molecule has 1 fully saturated rings. The van der Waals surface area contributed by atoms with Gasteiger partial charge in [-0.15, -0.1) is 0 Å². The maximum atomic E-state index is 12.8. The van der Waals surface area contributed by atoms with Gasteiger partial charge in [-0.2, -0.15) is 13.2 Å². The summed E-state index contributed by atoms with van der Waals surface area (Å²) in [4.78, 5) is 15.4. The Bertz CT molecular complexity index is 485. The van der Waals surface area contributed by atoms with E-state index in [1.54, 1.807) is 0 Å². The molecule has 1 aromatic heterocycles. The van der Waals surface area contributed by atoms with Gasteiger partial charge in [-0.1, -0.05) is 0 Å². The van der Waals surface area contributed by atoms with Crippen LogP contribution < -0.4 is 5.32 Å². The smallest absolute Gasteiger partial charge is 0.381 e. The van der Waals surface area contributed by atoms with Gasteiger partial charge in [0.05, 0.1) is 18.6 Å². The second kappa shape index (κ2) is 6.89. The number of aromatic nitrogens is 1. The van der Waals surface area contributed by atoms with Gasteiger partial charge in [-0.25, -0.2) is 0 Å². The first kappa shape index (κ1) is 15.8. The SMILES string of the molecule is O=C(Cc1cnccc1C(F)(F)F)NC[C@H]1CCCOC1. The van der Waals surface area contributed by atoms with Gasteiger partial charge in [0.2, 0.25) is 5.91 Å². The third-order valence-electron chi connectivity index (χ3n) is 3.40. The van der Waals surface area contributed by atoms with E-state index in [0.29, 0.717) is 13.2 Å². The maximum absolute atomic E-state index is 12.8. The van der Waals surface area contributed by atoms with Crippen molar-refractivity contribution < 1.29 is 22.7 Å². The number of amides is 1. The summed E-state index contributed by atoms with van der Waals surface area (Å²) >= 11 is 0. The highest BCUT2D eigenvalue weighted by Crippen LogP contribution is 2.31. The molecule has 1 saturated heterocycles. The predicted molar refractivity (Wildman–Crippen MR) is 69.5 cm³/mol. The van der Waals surface area contributed by atoms with Crippen LogP contribution in [0.15, 0.2) is 18.5 Å². The molecule has 1 aromatic rings. The van der Waals surface area contributed by atoms with Gasteiger partial charge in [0.25, 0.3) is 0 Å². The quantitative estimate of drug-likeness (QED) is 0.927. The van der Waals surface area contributed by atoms with Crippen molar-refractivity contribution in [3.05, 3.63) is 29.6 Å². The average Bonchev–Trinajstić information content (AvgIpc) is 2.46. The van der Waals surface area contributed by atoms with Crippen LogP contribution in [-0.4, -0.2) is 30.6 Å². The number of pyridine rings is 1. The molecule has 116 valence electrons. The molecule has 0 spiro atoms. The largest absolute Gasteiger partial charge is 0.416 e. The Morgan fingerprint density at radius 2 is 2.29 bits per heavy atom. The van der Waals surface area contributed by atoms with E-state index in [-0.39, 0.29) is 17.9 Å². The molecule has 1 aliphatic rings. The number of nitrogens with one attached hydrogen (secondary N) is 1. The van der Waals surface area contributed by atoms with Gasteiger partial charge in [-0.3, -0.25) is 9.78 Å². The van der Waals surface area contributed by atoms with Crippen LogP contribution in [0, 0.1) is 5.92 Å². The molecule has 21 heavy (non-hydrogen) atoms. The second-order valence-corrected chi connectivity index (χ2v) is 5.09. The van der Waals surface area contributed by atoms with Gasteiger partial charge in [0.1, 0.15) is 0 Å². The third kappa shape index (κ3) is 4.70. The molecule has 1 N–H and O–H groups in total. The van der Waals surface area contributed by atoms with Gasteiger partial charge >= 0.3 is 6.18 Å². The molecule has 0 aliphatic carbocycles. The lowest BCUT2D eigenvalue weighted by atomic mass is 10.0. The summed E-state index contributed by atoms with van der Waals surface area (Å²) in [5, 5.41) is 2.67. The van der Waals surface area contributed by atoms with Gasteiger partial charge in [0.15, 0.2) is 0 Å². The first-order chi connectivity index (χ1) is 9.97. The highest BCUT2D eigenvalue weighted by molar-refractivity contribution is 5.78. The van der Waals surface area contributed by atoms with Crippen LogP contribution in [0.4, 0.5) is 13.2 Å². The monoisotopic (exact) mass is 302 g/mol. The van der Waals surface area contributed by atoms with E-state index in [2.05, 4.69) is 10.3 Å². The van der Waals surface area contributed by atoms with Crippen molar-refractivity contribution in [2.75, 3.05) is 19.8 Å². The summed E-state index contributed by atoms with van der Waals surface area (Å²) in [7, 11) is 0. The average molecular weight is 302 g/mol. The normalized spacial score (nSPS) is 19.3. The number of nitrogens with zero attached hydrogens (tertiary/aromatic N) is 1. The lowest BCUT2D eigenvalue weighted by Gasteiger charge is -2.22. The molecule has 0 saturated carbocycles. The number of halogens is 3. The van der Waals surface area contributed by atoms with E-state index in [4.69, 9.17) is 4.74 Å². The van der Waals surface area contributed by atoms with Crippen molar-refractivity contribution in [1.29, 1.82) is 0 Å². The predicted octanol–water partition coefficient (Wildman–Crippen LogP) is 2.19. The zero-order valence-electron chi connectivity index (χ0n) is 11.4. The lowest BCUT2D eigenvalue weighted by molar-refractivity contribution is -0.138. The van der Waals surface area contributed by atoms with Crippen LogP contribution in [-0.2, 0) is 22.1 Å². The van der Waals surface area contributed by atoms with Gasteiger partial charge in [0, 0.05) is 25.5 Å². The van der Waals surface area contributed by atoms with Crippen LogP contribution in [0.1, 0.15) is 24.0 Å². The minimum Gasteiger partial charge on any atom is -0.381 e. The number of hydrogen-bond donors (Lipinski definition) is 1. The van der Waals surface area contributed by atoms with Crippen LogP contribution in [0.3, 0.4) is 0 Å². The van der Waals surface area contributed by atoms with Crippen LogP contribution in [0.2, 0.25) is 0 Å². The zero-order chi connectivity index (χ0) is 15.3. The third-order valence-corrected chi connectivity index (χ3v) is 3.40. The molecule has 0 unspecified atom stereocenters. The number of carbonyl (C=O) groups is 1. The van der Waals surface area contributed by atoms with E-state index in [1.165, 1.54) is 0 Å². The van der Waals surface area contributed by atoms with Gasteiger partial charge in [-0.05, 0) is 30.4 Å². The first-order valence-electron chi connectivity index (χ1n) is 6.81. The standard InChI is InChI=1S/C14H17F3N2O2/c15-14(16,17)12-3-4-18-8-11(12)6-13(20)19-7-10-2-1-5-21-9-10/h3-4,8,10H,1-2,5-7,9H2,(H,19,20)/t10-/m1/s1. The van der Waals surface area contributed by atoms with E-state index in [1.807, 2.05) is 0 Å². The molecule has 2 rings (SSSR count). The van der Waals surface area contributed by atoms with Crippen LogP contribution >= 0.6 is 0 Å². The van der Waals surface area contributed by atoms with E-state index >= 15 is 0 Å². The van der Waals surface area contributed by atoms with Crippen molar-refractivity contribution in [3.63, 3.8) is 0 Å². The molecular weight excluding hydrogens is 285 g/mol. The fourth-order valence-electron chi connectivity index (χ4n) is 2.31. The molecule has 0 radical (unpaired) electrons. The summed E-state index contributed by atoms with van der Waals surface area (Å²) in [6.45, 7) is 1.75. The molecule has 0 aromatic carbocycles. The fraction of sp³-hybridized carbons (Fsp3) is 0.571. The second-order valence-electron chi connectivity index (χ2n) is 5.09. The Morgan fingerprint density at radius 1 is 1.48 bits per heavy atom. The number of carbonyl (C=O) groups excluding carboxylic acids is 1. The molecule has 1 atom stereocenters. The highest BCUT2D eigenvalue weighted by Gasteiger charge is 2.33. The summed E-state index contributed by atoms with van der Waals surface area (Å²) < 4.78 is 43.7. The number of alkyl halides is 3.